The highest BCUT2D eigenvalue weighted by atomic mass is 32.2. The third kappa shape index (κ3) is 3.46. The fraction of sp³-hybridized carbons (Fsp3) is 0.158. The molecule has 0 atom stereocenters. The van der Waals surface area contributed by atoms with Gasteiger partial charge in [0.15, 0.2) is 0 Å². The standard InChI is InChI=1S/C19H15NO5S/c1-12(2)17-10-19(21)24-18-9-14(6-7-16(17)18)25-26(22,23)15-5-3-4-13(8-15)11-20/h3-10,12H,1-2H3. The number of benzene rings is 2. The second kappa shape index (κ2) is 6.65. The van der Waals surface area contributed by atoms with E-state index in [9.17, 15) is 13.2 Å². The summed E-state index contributed by atoms with van der Waals surface area (Å²) in [6.07, 6.45) is 0. The molecule has 3 rings (SSSR count). The van der Waals surface area contributed by atoms with Crippen molar-refractivity contribution in [2.75, 3.05) is 0 Å². The van der Waals surface area contributed by atoms with E-state index in [-0.39, 0.29) is 27.7 Å². The molecule has 7 heteroatoms. The predicted molar refractivity (Wildman–Crippen MR) is 95.5 cm³/mol. The van der Waals surface area contributed by atoms with Gasteiger partial charge in [-0.05, 0) is 41.8 Å². The lowest BCUT2D eigenvalue weighted by atomic mass is 10.00. The number of rotatable bonds is 4. The van der Waals surface area contributed by atoms with Crippen LogP contribution < -0.4 is 9.81 Å². The number of fused-ring (bicyclic) bond motifs is 1. The normalized spacial score (nSPS) is 11.5. The summed E-state index contributed by atoms with van der Waals surface area (Å²) >= 11 is 0. The molecule has 2 aromatic carbocycles. The van der Waals surface area contributed by atoms with Crippen LogP contribution >= 0.6 is 0 Å². The summed E-state index contributed by atoms with van der Waals surface area (Å²) in [4.78, 5) is 11.6. The number of nitrogens with zero attached hydrogens (tertiary/aromatic N) is 1. The first-order chi connectivity index (χ1) is 12.3. The molecule has 6 nitrogen and oxygen atoms in total. The maximum atomic E-state index is 12.4. The Morgan fingerprint density at radius 2 is 1.88 bits per heavy atom. The molecular formula is C19H15NO5S. The van der Waals surface area contributed by atoms with Crippen LogP contribution in [0.3, 0.4) is 0 Å². The van der Waals surface area contributed by atoms with Crippen molar-refractivity contribution in [1.29, 1.82) is 5.26 Å². The van der Waals surface area contributed by atoms with Crippen LogP contribution in [-0.4, -0.2) is 8.42 Å². The number of hydrogen-bond acceptors (Lipinski definition) is 6. The summed E-state index contributed by atoms with van der Waals surface area (Å²) in [7, 11) is -4.12. The van der Waals surface area contributed by atoms with E-state index >= 15 is 0 Å². The van der Waals surface area contributed by atoms with Gasteiger partial charge >= 0.3 is 15.7 Å². The third-order valence-corrected chi connectivity index (χ3v) is 5.07. The van der Waals surface area contributed by atoms with E-state index in [1.54, 1.807) is 6.07 Å². The topological polar surface area (TPSA) is 97.4 Å². The summed E-state index contributed by atoms with van der Waals surface area (Å²) < 4.78 is 35.2. The smallest absolute Gasteiger partial charge is 0.339 e. The molecule has 0 radical (unpaired) electrons. The first-order valence-corrected chi connectivity index (χ1v) is 9.23. The lowest BCUT2D eigenvalue weighted by molar-refractivity contribution is 0.485. The van der Waals surface area contributed by atoms with Crippen molar-refractivity contribution in [2.24, 2.45) is 0 Å². The zero-order chi connectivity index (χ0) is 18.9. The molecule has 0 aliphatic heterocycles. The molecule has 0 spiro atoms. The van der Waals surface area contributed by atoms with Crippen LogP contribution in [0.25, 0.3) is 11.0 Å². The molecule has 0 unspecified atom stereocenters. The Morgan fingerprint density at radius 1 is 1.12 bits per heavy atom. The van der Waals surface area contributed by atoms with Crippen LogP contribution in [0.15, 0.2) is 62.6 Å². The molecular weight excluding hydrogens is 354 g/mol. The van der Waals surface area contributed by atoms with Crippen LogP contribution in [-0.2, 0) is 10.1 Å². The molecule has 1 aromatic heterocycles. The molecule has 0 aliphatic rings. The third-order valence-electron chi connectivity index (χ3n) is 3.83. The van der Waals surface area contributed by atoms with Gasteiger partial charge in [0.05, 0.1) is 11.6 Å². The molecule has 132 valence electrons. The molecule has 3 aromatic rings. The van der Waals surface area contributed by atoms with Crippen molar-refractivity contribution in [3.8, 4) is 11.8 Å². The Morgan fingerprint density at radius 3 is 2.58 bits per heavy atom. The second-order valence-electron chi connectivity index (χ2n) is 6.01. The maximum absolute atomic E-state index is 12.4. The van der Waals surface area contributed by atoms with Gasteiger partial charge < -0.3 is 8.60 Å². The average molecular weight is 369 g/mol. The van der Waals surface area contributed by atoms with Crippen molar-refractivity contribution in [3.63, 3.8) is 0 Å². The SMILES string of the molecule is CC(C)c1cc(=O)oc2cc(OS(=O)(=O)c3cccc(C#N)c3)ccc12. The number of nitriles is 1. The Bertz CT molecular complexity index is 1190. The predicted octanol–water partition coefficient (Wildman–Crippen LogP) is 3.56. The van der Waals surface area contributed by atoms with Crippen molar-refractivity contribution < 1.29 is 17.0 Å². The van der Waals surface area contributed by atoms with E-state index < -0.39 is 15.7 Å². The fourth-order valence-corrected chi connectivity index (χ4v) is 3.56. The van der Waals surface area contributed by atoms with Crippen LogP contribution in [0.4, 0.5) is 0 Å². The minimum Gasteiger partial charge on any atom is -0.423 e. The highest BCUT2D eigenvalue weighted by Crippen LogP contribution is 2.28. The van der Waals surface area contributed by atoms with Crippen molar-refractivity contribution in [3.05, 3.63) is 70.1 Å². The van der Waals surface area contributed by atoms with E-state index in [1.165, 1.54) is 42.5 Å². The van der Waals surface area contributed by atoms with Crippen LogP contribution in [0.5, 0.6) is 5.75 Å². The minimum absolute atomic E-state index is 0.0175. The van der Waals surface area contributed by atoms with E-state index in [0.717, 1.165) is 10.9 Å². The Balaban J connectivity index is 2.04. The van der Waals surface area contributed by atoms with E-state index in [0.29, 0.717) is 0 Å². The molecule has 0 bridgehead atoms. The zero-order valence-corrected chi connectivity index (χ0v) is 14.9. The zero-order valence-electron chi connectivity index (χ0n) is 14.1. The van der Waals surface area contributed by atoms with Gasteiger partial charge in [-0.15, -0.1) is 0 Å². The first-order valence-electron chi connectivity index (χ1n) is 7.82. The largest absolute Gasteiger partial charge is 0.423 e. The lowest BCUT2D eigenvalue weighted by Gasteiger charge is -2.11. The molecule has 0 N–H and O–H groups in total. The van der Waals surface area contributed by atoms with Gasteiger partial charge in [0.2, 0.25) is 0 Å². The fourth-order valence-electron chi connectivity index (χ4n) is 2.59. The first kappa shape index (κ1) is 17.7. The highest BCUT2D eigenvalue weighted by molar-refractivity contribution is 7.87. The Labute approximate surface area is 150 Å². The Kier molecular flexibility index (Phi) is 4.53. The Hall–Kier alpha value is -3.11. The average Bonchev–Trinajstić information content (AvgIpc) is 2.60. The quantitative estimate of drug-likeness (QED) is 0.515. The summed E-state index contributed by atoms with van der Waals surface area (Å²) in [5.74, 6) is 0.120. The molecule has 0 saturated carbocycles. The van der Waals surface area contributed by atoms with E-state index in [1.807, 2.05) is 19.9 Å². The molecule has 26 heavy (non-hydrogen) atoms. The van der Waals surface area contributed by atoms with Gasteiger partial charge in [0, 0.05) is 17.5 Å². The molecule has 1 heterocycles. The summed E-state index contributed by atoms with van der Waals surface area (Å²) in [5.41, 5.74) is 0.760. The maximum Gasteiger partial charge on any atom is 0.339 e. The molecule has 0 saturated heterocycles. The van der Waals surface area contributed by atoms with Gasteiger partial charge in [-0.25, -0.2) is 4.79 Å². The van der Waals surface area contributed by atoms with E-state index in [4.69, 9.17) is 13.9 Å². The highest BCUT2D eigenvalue weighted by Gasteiger charge is 2.18. The van der Waals surface area contributed by atoms with Crippen molar-refractivity contribution in [1.82, 2.24) is 0 Å². The minimum atomic E-state index is -4.12. The van der Waals surface area contributed by atoms with E-state index in [2.05, 4.69) is 0 Å². The molecule has 0 aliphatic carbocycles. The summed E-state index contributed by atoms with van der Waals surface area (Å²) in [6.45, 7) is 3.90. The molecule has 0 amide bonds. The summed E-state index contributed by atoms with van der Waals surface area (Å²) in [5, 5.41) is 9.62. The van der Waals surface area contributed by atoms with Gasteiger partial charge in [0.25, 0.3) is 0 Å². The van der Waals surface area contributed by atoms with Gasteiger partial charge in [-0.2, -0.15) is 13.7 Å². The van der Waals surface area contributed by atoms with Crippen LogP contribution in [0.1, 0.15) is 30.9 Å². The van der Waals surface area contributed by atoms with Crippen molar-refractivity contribution >= 4 is 21.1 Å². The second-order valence-corrected chi connectivity index (χ2v) is 7.56. The summed E-state index contributed by atoms with van der Waals surface area (Å²) in [6, 6.07) is 13.4. The number of hydrogen-bond donors (Lipinski definition) is 0. The van der Waals surface area contributed by atoms with Gasteiger partial charge in [0.1, 0.15) is 16.2 Å². The molecule has 0 fully saturated rings. The van der Waals surface area contributed by atoms with Crippen molar-refractivity contribution in [2.45, 2.75) is 24.7 Å². The van der Waals surface area contributed by atoms with Crippen LogP contribution in [0.2, 0.25) is 0 Å². The monoisotopic (exact) mass is 369 g/mol. The van der Waals surface area contributed by atoms with Gasteiger partial charge in [-0.1, -0.05) is 19.9 Å². The lowest BCUT2D eigenvalue weighted by Crippen LogP contribution is -2.10. The van der Waals surface area contributed by atoms with Gasteiger partial charge in [-0.3, -0.25) is 0 Å². The van der Waals surface area contributed by atoms with Crippen LogP contribution in [0, 0.1) is 11.3 Å².